The second-order valence-corrected chi connectivity index (χ2v) is 5.73. The molecule has 2 unspecified atom stereocenters. The molecular weight excluding hydrogens is 266 g/mol. The van der Waals surface area contributed by atoms with Crippen LogP contribution in [0.15, 0.2) is 0 Å². The van der Waals surface area contributed by atoms with E-state index in [0.717, 1.165) is 30.5 Å². The zero-order chi connectivity index (χ0) is 15.6. The van der Waals surface area contributed by atoms with Gasteiger partial charge in [0.15, 0.2) is 5.82 Å². The fourth-order valence-electron chi connectivity index (χ4n) is 3.42. The first-order valence-electron chi connectivity index (χ1n) is 7.95. The van der Waals surface area contributed by atoms with Crippen LogP contribution in [0.1, 0.15) is 68.6 Å². The van der Waals surface area contributed by atoms with Gasteiger partial charge in [-0.05, 0) is 44.6 Å². The standard InChI is InChI=1S/C16H25N3O2/c1-5-11-9-8-10(4)19(11)15-14(16(20)21)12(6-2)13(7-3)17-18-15/h10-11H,5-9H2,1-4H3,(H,20,21). The van der Waals surface area contributed by atoms with E-state index in [9.17, 15) is 9.90 Å². The van der Waals surface area contributed by atoms with Gasteiger partial charge in [-0.25, -0.2) is 4.79 Å². The first-order chi connectivity index (χ1) is 10.0. The molecule has 2 atom stereocenters. The highest BCUT2D eigenvalue weighted by molar-refractivity contribution is 5.95. The summed E-state index contributed by atoms with van der Waals surface area (Å²) in [6.07, 6.45) is 4.56. The van der Waals surface area contributed by atoms with E-state index < -0.39 is 5.97 Å². The van der Waals surface area contributed by atoms with Crippen molar-refractivity contribution in [2.45, 2.75) is 71.9 Å². The van der Waals surface area contributed by atoms with Crippen LogP contribution in [0.25, 0.3) is 0 Å². The molecule has 1 aliphatic rings. The highest BCUT2D eigenvalue weighted by Crippen LogP contribution is 2.34. The number of carbonyl (C=O) groups is 1. The van der Waals surface area contributed by atoms with Gasteiger partial charge in [-0.2, -0.15) is 5.10 Å². The third kappa shape index (κ3) is 2.74. The molecule has 2 rings (SSSR count). The molecule has 5 heteroatoms. The molecular formula is C16H25N3O2. The van der Waals surface area contributed by atoms with E-state index >= 15 is 0 Å². The van der Waals surface area contributed by atoms with Crippen molar-refractivity contribution in [2.75, 3.05) is 4.90 Å². The Balaban J connectivity index is 2.60. The summed E-state index contributed by atoms with van der Waals surface area (Å²) in [6, 6.07) is 0.684. The van der Waals surface area contributed by atoms with Crippen molar-refractivity contribution in [3.63, 3.8) is 0 Å². The van der Waals surface area contributed by atoms with Gasteiger partial charge < -0.3 is 10.0 Å². The Morgan fingerprint density at radius 3 is 2.48 bits per heavy atom. The lowest BCUT2D eigenvalue weighted by atomic mass is 10.0. The zero-order valence-corrected chi connectivity index (χ0v) is 13.4. The highest BCUT2D eigenvalue weighted by atomic mass is 16.4. The number of carboxylic acids is 1. The summed E-state index contributed by atoms with van der Waals surface area (Å²) < 4.78 is 0. The van der Waals surface area contributed by atoms with Crippen LogP contribution in [0, 0.1) is 0 Å². The van der Waals surface area contributed by atoms with Crippen LogP contribution in [-0.2, 0) is 12.8 Å². The number of hydrogen-bond acceptors (Lipinski definition) is 4. The Morgan fingerprint density at radius 2 is 1.95 bits per heavy atom. The van der Waals surface area contributed by atoms with Crippen LogP contribution < -0.4 is 4.90 Å². The number of hydrogen-bond donors (Lipinski definition) is 1. The molecule has 0 aliphatic carbocycles. The molecule has 1 saturated heterocycles. The predicted octanol–water partition coefficient (Wildman–Crippen LogP) is 3.07. The normalized spacial score (nSPS) is 21.8. The molecule has 0 bridgehead atoms. The van der Waals surface area contributed by atoms with E-state index in [1.165, 1.54) is 0 Å². The molecule has 116 valence electrons. The number of aromatic nitrogens is 2. The summed E-state index contributed by atoms with van der Waals surface area (Å²) >= 11 is 0. The van der Waals surface area contributed by atoms with Crippen molar-refractivity contribution >= 4 is 11.8 Å². The van der Waals surface area contributed by atoms with Crippen LogP contribution in [0.3, 0.4) is 0 Å². The van der Waals surface area contributed by atoms with Crippen molar-refractivity contribution in [3.8, 4) is 0 Å². The summed E-state index contributed by atoms with van der Waals surface area (Å²) in [4.78, 5) is 14.0. The summed E-state index contributed by atoms with van der Waals surface area (Å²) in [7, 11) is 0. The number of anilines is 1. The molecule has 0 spiro atoms. The molecule has 1 N–H and O–H groups in total. The third-order valence-electron chi connectivity index (χ3n) is 4.54. The van der Waals surface area contributed by atoms with E-state index in [4.69, 9.17) is 0 Å². The van der Waals surface area contributed by atoms with Gasteiger partial charge in [0.2, 0.25) is 0 Å². The van der Waals surface area contributed by atoms with Crippen LogP contribution in [0.2, 0.25) is 0 Å². The van der Waals surface area contributed by atoms with Crippen molar-refractivity contribution in [1.29, 1.82) is 0 Å². The van der Waals surface area contributed by atoms with Crippen LogP contribution >= 0.6 is 0 Å². The Labute approximate surface area is 126 Å². The summed E-state index contributed by atoms with van der Waals surface area (Å²) in [5.41, 5.74) is 2.00. The summed E-state index contributed by atoms with van der Waals surface area (Å²) in [5, 5.41) is 18.3. The maximum absolute atomic E-state index is 11.8. The van der Waals surface area contributed by atoms with Gasteiger partial charge in [-0.3, -0.25) is 0 Å². The molecule has 0 saturated carbocycles. The molecule has 0 radical (unpaired) electrons. The van der Waals surface area contributed by atoms with E-state index in [1.54, 1.807) is 0 Å². The maximum atomic E-state index is 11.8. The Bertz CT molecular complexity index is 530. The van der Waals surface area contributed by atoms with E-state index in [0.29, 0.717) is 36.3 Å². The number of nitrogens with zero attached hydrogens (tertiary/aromatic N) is 3. The molecule has 1 aromatic rings. The average molecular weight is 291 g/mol. The molecule has 0 amide bonds. The van der Waals surface area contributed by atoms with Gasteiger partial charge in [-0.1, -0.05) is 20.8 Å². The monoisotopic (exact) mass is 291 g/mol. The fourth-order valence-corrected chi connectivity index (χ4v) is 3.42. The molecule has 1 aliphatic heterocycles. The molecule has 5 nitrogen and oxygen atoms in total. The van der Waals surface area contributed by atoms with Crippen LogP contribution in [0.4, 0.5) is 5.82 Å². The Hall–Kier alpha value is -1.65. The smallest absolute Gasteiger partial charge is 0.339 e. The van der Waals surface area contributed by atoms with Crippen molar-refractivity contribution in [1.82, 2.24) is 10.2 Å². The molecule has 2 heterocycles. The Morgan fingerprint density at radius 1 is 1.24 bits per heavy atom. The van der Waals surface area contributed by atoms with E-state index in [1.807, 2.05) is 13.8 Å². The quantitative estimate of drug-likeness (QED) is 0.903. The molecule has 1 aromatic heterocycles. The lowest BCUT2D eigenvalue weighted by Gasteiger charge is -2.30. The highest BCUT2D eigenvalue weighted by Gasteiger charge is 2.34. The largest absolute Gasteiger partial charge is 0.478 e. The fraction of sp³-hybridized carbons (Fsp3) is 0.688. The van der Waals surface area contributed by atoms with Gasteiger partial charge >= 0.3 is 5.97 Å². The maximum Gasteiger partial charge on any atom is 0.339 e. The summed E-state index contributed by atoms with van der Waals surface area (Å²) in [6.45, 7) is 8.26. The Kier molecular flexibility index (Phi) is 4.80. The van der Waals surface area contributed by atoms with Gasteiger partial charge in [0, 0.05) is 12.1 Å². The molecule has 0 aromatic carbocycles. The number of carboxylic acid groups (broad SMARTS) is 1. The second kappa shape index (κ2) is 6.41. The van der Waals surface area contributed by atoms with Crippen molar-refractivity contribution in [2.24, 2.45) is 0 Å². The second-order valence-electron chi connectivity index (χ2n) is 5.73. The molecule has 21 heavy (non-hydrogen) atoms. The van der Waals surface area contributed by atoms with Gasteiger partial charge in [0.1, 0.15) is 5.56 Å². The van der Waals surface area contributed by atoms with E-state index in [-0.39, 0.29) is 0 Å². The number of aromatic carboxylic acids is 1. The van der Waals surface area contributed by atoms with Gasteiger partial charge in [0.05, 0.1) is 5.69 Å². The topological polar surface area (TPSA) is 66.3 Å². The number of aryl methyl sites for hydroxylation is 1. The minimum atomic E-state index is -0.889. The zero-order valence-electron chi connectivity index (χ0n) is 13.4. The average Bonchev–Trinajstić information content (AvgIpc) is 2.86. The van der Waals surface area contributed by atoms with Gasteiger partial charge in [-0.15, -0.1) is 5.10 Å². The summed E-state index contributed by atoms with van der Waals surface area (Å²) in [5.74, 6) is -0.325. The first kappa shape index (κ1) is 15.7. The van der Waals surface area contributed by atoms with Gasteiger partial charge in [0.25, 0.3) is 0 Å². The van der Waals surface area contributed by atoms with Crippen LogP contribution in [-0.4, -0.2) is 33.4 Å². The van der Waals surface area contributed by atoms with E-state index in [2.05, 4.69) is 28.9 Å². The lowest BCUT2D eigenvalue weighted by Crippen LogP contribution is -2.37. The minimum absolute atomic E-state index is 0.319. The third-order valence-corrected chi connectivity index (χ3v) is 4.54. The lowest BCUT2D eigenvalue weighted by molar-refractivity contribution is 0.0695. The van der Waals surface area contributed by atoms with Crippen LogP contribution in [0.5, 0.6) is 0 Å². The minimum Gasteiger partial charge on any atom is -0.478 e. The predicted molar refractivity (Wildman–Crippen MR) is 83.0 cm³/mol. The number of rotatable bonds is 5. The molecule has 1 fully saturated rings. The first-order valence-corrected chi connectivity index (χ1v) is 7.95. The SMILES string of the molecule is CCc1nnc(N2C(C)CCC2CC)c(C(=O)O)c1CC. The van der Waals surface area contributed by atoms with Crippen molar-refractivity contribution in [3.05, 3.63) is 16.8 Å². The van der Waals surface area contributed by atoms with Crippen molar-refractivity contribution < 1.29 is 9.90 Å².